The summed E-state index contributed by atoms with van der Waals surface area (Å²) in [6, 6.07) is 1.95. The monoisotopic (exact) mass is 242 g/mol. The van der Waals surface area contributed by atoms with Crippen LogP contribution in [0.3, 0.4) is 0 Å². The number of amidine groups is 1. The highest BCUT2D eigenvalue weighted by atomic mass is 19.1. The van der Waals surface area contributed by atoms with Gasteiger partial charge in [0.2, 0.25) is 0 Å². The van der Waals surface area contributed by atoms with Crippen LogP contribution in [0.5, 0.6) is 5.75 Å². The van der Waals surface area contributed by atoms with E-state index in [1.54, 1.807) is 0 Å². The van der Waals surface area contributed by atoms with E-state index in [4.69, 9.17) is 15.7 Å². The lowest BCUT2D eigenvalue weighted by Gasteiger charge is -2.09. The minimum absolute atomic E-state index is 0.0266. The number of nitrogens with zero attached hydrogens (tertiary/aromatic N) is 1. The Hall–Kier alpha value is -1.85. The number of oxime groups is 1. The first-order valence-electron chi connectivity index (χ1n) is 5.21. The summed E-state index contributed by atoms with van der Waals surface area (Å²) in [6.45, 7) is 0.316. The van der Waals surface area contributed by atoms with Crippen molar-refractivity contribution in [3.8, 4) is 5.75 Å². The van der Waals surface area contributed by atoms with E-state index in [1.807, 2.05) is 0 Å². The van der Waals surface area contributed by atoms with Gasteiger partial charge in [-0.1, -0.05) is 5.16 Å². The Morgan fingerprint density at radius 1 is 1.41 bits per heavy atom. The molecule has 1 fully saturated rings. The SMILES string of the molecule is N/C(=N/O)c1cc(F)c(OCC2CC2)c(F)c1. The summed E-state index contributed by atoms with van der Waals surface area (Å²) in [6.07, 6.45) is 2.07. The molecule has 1 aliphatic carbocycles. The first kappa shape index (κ1) is 11.6. The number of ether oxygens (including phenoxy) is 1. The first-order valence-corrected chi connectivity index (χ1v) is 5.21. The van der Waals surface area contributed by atoms with Crippen LogP contribution < -0.4 is 10.5 Å². The first-order chi connectivity index (χ1) is 8.11. The van der Waals surface area contributed by atoms with Gasteiger partial charge < -0.3 is 15.7 Å². The van der Waals surface area contributed by atoms with Gasteiger partial charge in [-0.15, -0.1) is 0 Å². The van der Waals surface area contributed by atoms with Crippen molar-refractivity contribution in [2.45, 2.75) is 12.8 Å². The smallest absolute Gasteiger partial charge is 0.190 e. The summed E-state index contributed by atoms with van der Waals surface area (Å²) in [5.41, 5.74) is 5.21. The largest absolute Gasteiger partial charge is 0.487 e. The van der Waals surface area contributed by atoms with Crippen molar-refractivity contribution in [2.24, 2.45) is 16.8 Å². The van der Waals surface area contributed by atoms with Crippen LogP contribution in [-0.4, -0.2) is 17.6 Å². The molecule has 4 nitrogen and oxygen atoms in total. The molecular weight excluding hydrogens is 230 g/mol. The molecule has 1 aromatic carbocycles. The number of halogens is 2. The van der Waals surface area contributed by atoms with Gasteiger partial charge in [0.1, 0.15) is 0 Å². The van der Waals surface area contributed by atoms with Crippen LogP contribution in [0.1, 0.15) is 18.4 Å². The quantitative estimate of drug-likeness (QED) is 0.366. The molecule has 0 atom stereocenters. The van der Waals surface area contributed by atoms with Gasteiger partial charge in [-0.25, -0.2) is 8.78 Å². The summed E-state index contributed by atoms with van der Waals surface area (Å²) in [5.74, 6) is -2.07. The summed E-state index contributed by atoms with van der Waals surface area (Å²) in [4.78, 5) is 0. The molecule has 1 aromatic rings. The van der Waals surface area contributed by atoms with Gasteiger partial charge in [-0.2, -0.15) is 0 Å². The zero-order valence-electron chi connectivity index (χ0n) is 8.99. The second kappa shape index (κ2) is 4.57. The number of hydrogen-bond acceptors (Lipinski definition) is 3. The topological polar surface area (TPSA) is 67.8 Å². The van der Waals surface area contributed by atoms with E-state index in [9.17, 15) is 8.78 Å². The van der Waals surface area contributed by atoms with Crippen LogP contribution in [-0.2, 0) is 0 Å². The van der Waals surface area contributed by atoms with Crippen molar-refractivity contribution >= 4 is 5.84 Å². The highest BCUT2D eigenvalue weighted by Gasteiger charge is 2.23. The van der Waals surface area contributed by atoms with Crippen LogP contribution in [0.4, 0.5) is 8.78 Å². The van der Waals surface area contributed by atoms with Gasteiger partial charge in [-0.3, -0.25) is 0 Å². The molecule has 1 aliphatic rings. The van der Waals surface area contributed by atoms with E-state index < -0.39 is 17.4 Å². The van der Waals surface area contributed by atoms with Crippen molar-refractivity contribution in [2.75, 3.05) is 6.61 Å². The lowest BCUT2D eigenvalue weighted by molar-refractivity contribution is 0.270. The van der Waals surface area contributed by atoms with Gasteiger partial charge >= 0.3 is 0 Å². The molecular formula is C11H12F2N2O2. The maximum atomic E-state index is 13.5. The second-order valence-corrected chi connectivity index (χ2v) is 4.01. The third-order valence-electron chi connectivity index (χ3n) is 2.56. The Balaban J connectivity index is 2.21. The zero-order chi connectivity index (χ0) is 12.4. The number of hydrogen-bond donors (Lipinski definition) is 2. The highest BCUT2D eigenvalue weighted by Crippen LogP contribution is 2.31. The van der Waals surface area contributed by atoms with Gasteiger partial charge in [0.05, 0.1) is 6.61 Å². The van der Waals surface area contributed by atoms with Crippen LogP contribution in [0, 0.1) is 17.6 Å². The summed E-state index contributed by atoms with van der Waals surface area (Å²) < 4.78 is 32.1. The zero-order valence-corrected chi connectivity index (χ0v) is 8.99. The van der Waals surface area contributed by atoms with Gasteiger partial charge in [0.15, 0.2) is 23.2 Å². The van der Waals surface area contributed by atoms with E-state index in [1.165, 1.54) is 0 Å². The third-order valence-corrected chi connectivity index (χ3v) is 2.56. The van der Waals surface area contributed by atoms with Gasteiger partial charge in [-0.05, 0) is 30.9 Å². The molecule has 0 unspecified atom stereocenters. The molecule has 0 aromatic heterocycles. The molecule has 0 spiro atoms. The second-order valence-electron chi connectivity index (χ2n) is 4.01. The number of benzene rings is 1. The lowest BCUT2D eigenvalue weighted by Crippen LogP contribution is -2.14. The van der Waals surface area contributed by atoms with E-state index in [-0.39, 0.29) is 11.4 Å². The molecule has 0 heterocycles. The summed E-state index contributed by atoms with van der Waals surface area (Å²) in [7, 11) is 0. The fourth-order valence-electron chi connectivity index (χ4n) is 1.39. The summed E-state index contributed by atoms with van der Waals surface area (Å²) in [5, 5.41) is 11.1. The normalized spacial score (nSPS) is 16.0. The molecule has 6 heteroatoms. The fourth-order valence-corrected chi connectivity index (χ4v) is 1.39. The molecule has 2 rings (SSSR count). The summed E-state index contributed by atoms with van der Waals surface area (Å²) >= 11 is 0. The van der Waals surface area contributed by atoms with Gasteiger partial charge in [0.25, 0.3) is 0 Å². The lowest BCUT2D eigenvalue weighted by atomic mass is 10.2. The van der Waals surface area contributed by atoms with Crippen molar-refractivity contribution in [1.29, 1.82) is 0 Å². The average molecular weight is 242 g/mol. The molecule has 0 amide bonds. The number of rotatable bonds is 4. The van der Waals surface area contributed by atoms with E-state index >= 15 is 0 Å². The van der Waals surface area contributed by atoms with Gasteiger partial charge in [0, 0.05) is 5.56 Å². The molecule has 17 heavy (non-hydrogen) atoms. The molecule has 0 bridgehead atoms. The molecule has 0 aliphatic heterocycles. The maximum absolute atomic E-state index is 13.5. The average Bonchev–Trinajstić information content (AvgIpc) is 3.10. The standard InChI is InChI=1S/C11H12F2N2O2/c12-8-3-7(11(14)15-16)4-9(13)10(8)17-5-6-1-2-6/h3-4,6,16H,1-2,5H2,(H2,14,15). The number of nitrogens with two attached hydrogens (primary N) is 1. The van der Waals surface area contributed by atoms with Crippen LogP contribution in [0.2, 0.25) is 0 Å². The predicted octanol–water partition coefficient (Wildman–Crippen LogP) is 1.85. The molecule has 92 valence electrons. The van der Waals surface area contributed by atoms with Crippen molar-refractivity contribution in [3.63, 3.8) is 0 Å². The minimum atomic E-state index is -0.854. The minimum Gasteiger partial charge on any atom is -0.487 e. The van der Waals surface area contributed by atoms with Crippen LogP contribution >= 0.6 is 0 Å². The Morgan fingerprint density at radius 2 is 2.00 bits per heavy atom. The van der Waals surface area contributed by atoms with Crippen molar-refractivity contribution in [1.82, 2.24) is 0 Å². The Labute approximate surface area is 96.7 Å². The Bertz CT molecular complexity index is 436. The maximum Gasteiger partial charge on any atom is 0.190 e. The molecule has 1 saturated carbocycles. The third kappa shape index (κ3) is 2.64. The molecule has 0 radical (unpaired) electrons. The van der Waals surface area contributed by atoms with E-state index in [2.05, 4.69) is 5.16 Å². The van der Waals surface area contributed by atoms with E-state index in [0.29, 0.717) is 12.5 Å². The van der Waals surface area contributed by atoms with Crippen molar-refractivity contribution in [3.05, 3.63) is 29.3 Å². The molecule has 3 N–H and O–H groups in total. The van der Waals surface area contributed by atoms with Crippen molar-refractivity contribution < 1.29 is 18.7 Å². The van der Waals surface area contributed by atoms with Crippen LogP contribution in [0.25, 0.3) is 0 Å². The Morgan fingerprint density at radius 3 is 2.47 bits per heavy atom. The van der Waals surface area contributed by atoms with E-state index in [0.717, 1.165) is 25.0 Å². The predicted molar refractivity (Wildman–Crippen MR) is 57.1 cm³/mol. The Kier molecular flexibility index (Phi) is 3.12. The fraction of sp³-hybridized carbons (Fsp3) is 0.364. The van der Waals surface area contributed by atoms with Crippen LogP contribution in [0.15, 0.2) is 17.3 Å². The molecule has 0 saturated heterocycles. The highest BCUT2D eigenvalue weighted by molar-refractivity contribution is 5.97.